The number of non-ortho nitro benzene ring substituents is 1. The largest absolute Gasteiger partial charge is 0.317 e. The predicted octanol–water partition coefficient (Wildman–Crippen LogP) is 3.46. The number of hydrogen-bond acceptors (Lipinski definition) is 3. The Morgan fingerprint density at radius 1 is 1.29 bits per heavy atom. The van der Waals surface area contributed by atoms with Crippen LogP contribution in [-0.4, -0.2) is 15.3 Å². The van der Waals surface area contributed by atoms with Crippen LogP contribution in [0.5, 0.6) is 0 Å². The van der Waals surface area contributed by atoms with Crippen LogP contribution in [0.1, 0.15) is 35.1 Å². The molecule has 1 aromatic heterocycles. The Labute approximate surface area is 122 Å². The summed E-state index contributed by atoms with van der Waals surface area (Å²) >= 11 is 0. The Hall–Kier alpha value is -2.43. The summed E-state index contributed by atoms with van der Waals surface area (Å²) in [4.78, 5) is 22.7. The fourth-order valence-corrected chi connectivity index (χ4v) is 3.07. The standard InChI is InChI=1S/C16H16N2O3/c1-10-6-15-14(16(19)7-10)8-11(2)17(15)12-4-3-5-13(9-12)18(20)21/h3-5,8-10H,6-7H2,1-2H3. The number of Topliss-reactive ketones (excluding diaryl/α,β-unsaturated/α-hetero) is 1. The van der Waals surface area contributed by atoms with Crippen LogP contribution in [0.3, 0.4) is 0 Å². The molecular formula is C16H16N2O3. The van der Waals surface area contributed by atoms with Crippen LogP contribution in [0.4, 0.5) is 5.69 Å². The van der Waals surface area contributed by atoms with Crippen molar-refractivity contribution in [2.24, 2.45) is 5.92 Å². The fraction of sp³-hybridized carbons (Fsp3) is 0.312. The van der Waals surface area contributed by atoms with E-state index in [-0.39, 0.29) is 11.5 Å². The van der Waals surface area contributed by atoms with Gasteiger partial charge in [0.1, 0.15) is 0 Å². The zero-order chi connectivity index (χ0) is 15.1. The second-order valence-corrected chi connectivity index (χ2v) is 5.70. The molecule has 5 heteroatoms. The lowest BCUT2D eigenvalue weighted by atomic mass is 9.88. The van der Waals surface area contributed by atoms with Crippen LogP contribution >= 0.6 is 0 Å². The molecule has 1 heterocycles. The third-order valence-electron chi connectivity index (χ3n) is 3.96. The van der Waals surface area contributed by atoms with Crippen molar-refractivity contribution in [3.05, 3.63) is 57.4 Å². The summed E-state index contributed by atoms with van der Waals surface area (Å²) in [5, 5.41) is 10.9. The lowest BCUT2D eigenvalue weighted by Gasteiger charge is -2.20. The maximum Gasteiger partial charge on any atom is 0.271 e. The van der Waals surface area contributed by atoms with Gasteiger partial charge in [0.15, 0.2) is 5.78 Å². The first-order valence-corrected chi connectivity index (χ1v) is 6.96. The highest BCUT2D eigenvalue weighted by Gasteiger charge is 2.27. The number of nitrogens with zero attached hydrogens (tertiary/aromatic N) is 2. The number of rotatable bonds is 2. The van der Waals surface area contributed by atoms with E-state index in [1.807, 2.05) is 23.6 Å². The molecule has 0 fully saturated rings. The van der Waals surface area contributed by atoms with E-state index < -0.39 is 4.92 Å². The van der Waals surface area contributed by atoms with Gasteiger partial charge in [0.25, 0.3) is 5.69 Å². The predicted molar refractivity (Wildman–Crippen MR) is 79.0 cm³/mol. The molecule has 1 aromatic carbocycles. The van der Waals surface area contributed by atoms with E-state index in [9.17, 15) is 14.9 Å². The fourth-order valence-electron chi connectivity index (χ4n) is 3.07. The molecule has 0 amide bonds. The van der Waals surface area contributed by atoms with Crippen LogP contribution < -0.4 is 0 Å². The second kappa shape index (κ2) is 4.84. The lowest BCUT2D eigenvalue weighted by molar-refractivity contribution is -0.384. The van der Waals surface area contributed by atoms with Crippen LogP contribution in [0.25, 0.3) is 5.69 Å². The van der Waals surface area contributed by atoms with Gasteiger partial charge in [0.2, 0.25) is 0 Å². The van der Waals surface area contributed by atoms with E-state index in [4.69, 9.17) is 0 Å². The molecule has 5 nitrogen and oxygen atoms in total. The van der Waals surface area contributed by atoms with Crippen LogP contribution in [0.15, 0.2) is 30.3 Å². The molecular weight excluding hydrogens is 268 g/mol. The van der Waals surface area contributed by atoms with Crippen molar-refractivity contribution in [2.75, 3.05) is 0 Å². The highest BCUT2D eigenvalue weighted by molar-refractivity contribution is 5.99. The molecule has 1 aliphatic rings. The van der Waals surface area contributed by atoms with Gasteiger partial charge in [-0.1, -0.05) is 13.0 Å². The number of hydrogen-bond donors (Lipinski definition) is 0. The zero-order valence-corrected chi connectivity index (χ0v) is 12.0. The van der Waals surface area contributed by atoms with E-state index in [2.05, 4.69) is 6.92 Å². The summed E-state index contributed by atoms with van der Waals surface area (Å²) in [7, 11) is 0. The Bertz CT molecular complexity index is 746. The van der Waals surface area contributed by atoms with Gasteiger partial charge < -0.3 is 4.57 Å². The van der Waals surface area contributed by atoms with Crippen molar-refractivity contribution in [1.29, 1.82) is 0 Å². The maximum absolute atomic E-state index is 12.1. The Balaban J connectivity index is 2.18. The van der Waals surface area contributed by atoms with Gasteiger partial charge >= 0.3 is 0 Å². The molecule has 0 saturated heterocycles. The number of benzene rings is 1. The Morgan fingerprint density at radius 3 is 2.76 bits per heavy atom. The van der Waals surface area contributed by atoms with Crippen molar-refractivity contribution < 1.29 is 9.72 Å². The van der Waals surface area contributed by atoms with Crippen molar-refractivity contribution in [1.82, 2.24) is 4.57 Å². The first-order chi connectivity index (χ1) is 9.97. The topological polar surface area (TPSA) is 65.1 Å². The van der Waals surface area contributed by atoms with Gasteiger partial charge in [-0.25, -0.2) is 0 Å². The van der Waals surface area contributed by atoms with E-state index in [0.29, 0.717) is 12.3 Å². The average Bonchev–Trinajstić information content (AvgIpc) is 2.75. The van der Waals surface area contributed by atoms with Crippen molar-refractivity contribution in [3.8, 4) is 5.69 Å². The second-order valence-electron chi connectivity index (χ2n) is 5.70. The molecule has 0 bridgehead atoms. The number of fused-ring (bicyclic) bond motifs is 1. The summed E-state index contributed by atoms with van der Waals surface area (Å²) in [5.41, 5.74) is 3.46. The Kier molecular flexibility index (Phi) is 3.12. The highest BCUT2D eigenvalue weighted by atomic mass is 16.6. The lowest BCUT2D eigenvalue weighted by Crippen LogP contribution is -2.19. The molecule has 1 unspecified atom stereocenters. The monoisotopic (exact) mass is 284 g/mol. The summed E-state index contributed by atoms with van der Waals surface area (Å²) in [6.07, 6.45) is 1.39. The quantitative estimate of drug-likeness (QED) is 0.626. The number of aryl methyl sites for hydroxylation is 1. The van der Waals surface area contributed by atoms with Gasteiger partial charge in [-0.05, 0) is 31.4 Å². The van der Waals surface area contributed by atoms with Gasteiger partial charge in [-0.15, -0.1) is 0 Å². The van der Waals surface area contributed by atoms with Gasteiger partial charge in [-0.3, -0.25) is 14.9 Å². The summed E-state index contributed by atoms with van der Waals surface area (Å²) < 4.78 is 1.97. The molecule has 2 aromatic rings. The van der Waals surface area contributed by atoms with Gasteiger partial charge in [0, 0.05) is 35.5 Å². The summed E-state index contributed by atoms with van der Waals surface area (Å²) in [6, 6.07) is 8.43. The van der Waals surface area contributed by atoms with E-state index >= 15 is 0 Å². The van der Waals surface area contributed by atoms with Crippen LogP contribution in [0.2, 0.25) is 0 Å². The molecule has 0 aliphatic heterocycles. The van der Waals surface area contributed by atoms with Gasteiger partial charge in [-0.2, -0.15) is 0 Å². The molecule has 21 heavy (non-hydrogen) atoms. The Morgan fingerprint density at radius 2 is 2.05 bits per heavy atom. The minimum atomic E-state index is -0.400. The molecule has 0 radical (unpaired) electrons. The van der Waals surface area contributed by atoms with Crippen LogP contribution in [-0.2, 0) is 6.42 Å². The number of aromatic nitrogens is 1. The highest BCUT2D eigenvalue weighted by Crippen LogP contribution is 2.31. The van der Waals surface area contributed by atoms with E-state index in [1.54, 1.807) is 12.1 Å². The third kappa shape index (κ3) is 2.24. The van der Waals surface area contributed by atoms with Crippen molar-refractivity contribution in [3.63, 3.8) is 0 Å². The third-order valence-corrected chi connectivity index (χ3v) is 3.96. The SMILES string of the molecule is Cc1cc2c(n1-c1cccc([N+](=O)[O-])c1)CC(C)CC2=O. The van der Waals surface area contributed by atoms with Crippen molar-refractivity contribution >= 4 is 11.5 Å². The molecule has 3 rings (SSSR count). The molecule has 0 N–H and O–H groups in total. The number of nitro benzene ring substituents is 1. The van der Waals surface area contributed by atoms with Gasteiger partial charge in [0.05, 0.1) is 10.6 Å². The molecule has 0 spiro atoms. The first kappa shape index (κ1) is 13.5. The maximum atomic E-state index is 12.1. The number of ketones is 1. The molecule has 108 valence electrons. The average molecular weight is 284 g/mol. The number of carbonyl (C=O) groups is 1. The minimum Gasteiger partial charge on any atom is -0.317 e. The van der Waals surface area contributed by atoms with Crippen LogP contribution in [0, 0.1) is 23.0 Å². The molecule has 0 saturated carbocycles. The first-order valence-electron chi connectivity index (χ1n) is 6.96. The normalized spacial score (nSPS) is 17.6. The smallest absolute Gasteiger partial charge is 0.271 e. The number of carbonyl (C=O) groups excluding carboxylic acids is 1. The molecule has 1 aliphatic carbocycles. The van der Waals surface area contributed by atoms with Crippen molar-refractivity contribution in [2.45, 2.75) is 26.7 Å². The van der Waals surface area contributed by atoms with E-state index in [1.165, 1.54) is 6.07 Å². The molecule has 1 atom stereocenters. The minimum absolute atomic E-state index is 0.0598. The van der Waals surface area contributed by atoms with E-state index in [0.717, 1.165) is 29.1 Å². The number of nitro groups is 1. The summed E-state index contributed by atoms with van der Waals surface area (Å²) in [6.45, 7) is 3.98. The zero-order valence-electron chi connectivity index (χ0n) is 12.0. The summed E-state index contributed by atoms with van der Waals surface area (Å²) in [5.74, 6) is 0.466.